The lowest BCUT2D eigenvalue weighted by Gasteiger charge is -2.14. The number of nitrogens with zero attached hydrogens (tertiary/aromatic N) is 3. The molecule has 0 saturated carbocycles. The van der Waals surface area contributed by atoms with Gasteiger partial charge >= 0.3 is 0 Å². The number of thiophene rings is 1. The van der Waals surface area contributed by atoms with Crippen LogP contribution in [-0.4, -0.2) is 29.9 Å². The molecule has 120 valence electrons. The molecule has 3 rings (SSSR count). The van der Waals surface area contributed by atoms with Gasteiger partial charge in [0.05, 0.1) is 17.2 Å². The molecular formula is C15H15N3O3S2. The number of sulfonamides is 1. The molecule has 0 saturated heterocycles. The summed E-state index contributed by atoms with van der Waals surface area (Å²) < 4.78 is 31.1. The fourth-order valence-corrected chi connectivity index (χ4v) is 3.80. The summed E-state index contributed by atoms with van der Waals surface area (Å²) in [6.45, 7) is 0.0491. The number of hydrogen-bond donors (Lipinski definition) is 0. The van der Waals surface area contributed by atoms with E-state index in [9.17, 15) is 8.42 Å². The Morgan fingerprint density at radius 1 is 1.17 bits per heavy atom. The molecule has 0 aliphatic carbocycles. The van der Waals surface area contributed by atoms with Crippen molar-refractivity contribution in [2.75, 3.05) is 7.05 Å². The smallest absolute Gasteiger partial charge is 0.242 e. The zero-order chi connectivity index (χ0) is 16.3. The van der Waals surface area contributed by atoms with E-state index in [1.807, 2.05) is 35.7 Å². The van der Waals surface area contributed by atoms with Crippen LogP contribution in [-0.2, 0) is 22.3 Å². The Balaban J connectivity index is 1.70. The van der Waals surface area contributed by atoms with E-state index in [1.54, 1.807) is 12.1 Å². The summed E-state index contributed by atoms with van der Waals surface area (Å²) in [6, 6.07) is 12.8. The van der Waals surface area contributed by atoms with Gasteiger partial charge in [0.25, 0.3) is 0 Å². The first-order valence-corrected chi connectivity index (χ1v) is 9.38. The van der Waals surface area contributed by atoms with Crippen molar-refractivity contribution in [3.05, 3.63) is 59.3 Å². The zero-order valence-corrected chi connectivity index (χ0v) is 14.0. The highest BCUT2D eigenvalue weighted by Gasteiger charge is 2.21. The first-order valence-electron chi connectivity index (χ1n) is 6.89. The molecule has 0 atom stereocenters. The zero-order valence-electron chi connectivity index (χ0n) is 12.4. The molecule has 0 amide bonds. The SMILES string of the molecule is CN(Cc1nc(-c2cccs2)no1)S(=O)(=O)Cc1ccccc1. The summed E-state index contributed by atoms with van der Waals surface area (Å²) >= 11 is 1.50. The third-order valence-electron chi connectivity index (χ3n) is 3.23. The van der Waals surface area contributed by atoms with Gasteiger partial charge in [-0.1, -0.05) is 41.6 Å². The Morgan fingerprint density at radius 3 is 2.65 bits per heavy atom. The van der Waals surface area contributed by atoms with Crippen molar-refractivity contribution < 1.29 is 12.9 Å². The normalized spacial score (nSPS) is 11.9. The highest BCUT2D eigenvalue weighted by Crippen LogP contribution is 2.22. The Labute approximate surface area is 138 Å². The average Bonchev–Trinajstić information content (AvgIpc) is 3.18. The van der Waals surface area contributed by atoms with Gasteiger partial charge in [0.2, 0.25) is 21.7 Å². The van der Waals surface area contributed by atoms with Crippen LogP contribution in [0.4, 0.5) is 0 Å². The van der Waals surface area contributed by atoms with E-state index in [0.717, 1.165) is 10.4 Å². The molecule has 1 aromatic carbocycles. The molecule has 0 N–H and O–H groups in total. The third kappa shape index (κ3) is 3.84. The van der Waals surface area contributed by atoms with Crippen molar-refractivity contribution in [2.24, 2.45) is 0 Å². The minimum absolute atomic E-state index is 0.0491. The van der Waals surface area contributed by atoms with Gasteiger partial charge in [0.1, 0.15) is 0 Å². The number of benzene rings is 1. The predicted molar refractivity (Wildman–Crippen MR) is 88.1 cm³/mol. The number of hydrogen-bond acceptors (Lipinski definition) is 6. The molecule has 3 aromatic rings. The van der Waals surface area contributed by atoms with Crippen molar-refractivity contribution in [3.63, 3.8) is 0 Å². The Bertz CT molecular complexity index is 859. The third-order valence-corrected chi connectivity index (χ3v) is 5.88. The summed E-state index contributed by atoms with van der Waals surface area (Å²) in [5, 5.41) is 5.80. The van der Waals surface area contributed by atoms with E-state index in [-0.39, 0.29) is 18.2 Å². The van der Waals surface area contributed by atoms with Crippen molar-refractivity contribution in [1.29, 1.82) is 0 Å². The van der Waals surface area contributed by atoms with Crippen LogP contribution in [0, 0.1) is 0 Å². The lowest BCUT2D eigenvalue weighted by atomic mass is 10.2. The maximum absolute atomic E-state index is 12.4. The van der Waals surface area contributed by atoms with Crippen LogP contribution in [0.1, 0.15) is 11.5 Å². The summed E-state index contributed by atoms with van der Waals surface area (Å²) in [6.07, 6.45) is 0. The van der Waals surface area contributed by atoms with Crippen molar-refractivity contribution in [2.45, 2.75) is 12.3 Å². The minimum atomic E-state index is -3.45. The maximum atomic E-state index is 12.4. The average molecular weight is 349 g/mol. The first-order chi connectivity index (χ1) is 11.0. The Morgan fingerprint density at radius 2 is 1.96 bits per heavy atom. The highest BCUT2D eigenvalue weighted by atomic mass is 32.2. The van der Waals surface area contributed by atoms with Gasteiger partial charge in [-0.05, 0) is 17.0 Å². The van der Waals surface area contributed by atoms with Crippen molar-refractivity contribution in [3.8, 4) is 10.7 Å². The maximum Gasteiger partial charge on any atom is 0.242 e. The fraction of sp³-hybridized carbons (Fsp3) is 0.200. The lowest BCUT2D eigenvalue weighted by molar-refractivity contribution is 0.336. The van der Waals surface area contributed by atoms with E-state index in [2.05, 4.69) is 10.1 Å². The van der Waals surface area contributed by atoms with E-state index in [1.165, 1.54) is 22.7 Å². The molecule has 2 heterocycles. The Hall–Kier alpha value is -2.03. The summed E-state index contributed by atoms with van der Waals surface area (Å²) in [5.41, 5.74) is 0.740. The molecule has 8 heteroatoms. The van der Waals surface area contributed by atoms with Gasteiger partial charge < -0.3 is 4.52 Å². The molecule has 0 radical (unpaired) electrons. The van der Waals surface area contributed by atoms with Crippen LogP contribution in [0.25, 0.3) is 10.7 Å². The number of rotatable bonds is 6. The van der Waals surface area contributed by atoms with Gasteiger partial charge in [-0.15, -0.1) is 11.3 Å². The van der Waals surface area contributed by atoms with Gasteiger partial charge in [-0.25, -0.2) is 8.42 Å². The second-order valence-corrected chi connectivity index (χ2v) is 8.01. The Kier molecular flexibility index (Phi) is 4.56. The molecule has 6 nitrogen and oxygen atoms in total. The topological polar surface area (TPSA) is 76.3 Å². The molecule has 0 spiro atoms. The lowest BCUT2D eigenvalue weighted by Crippen LogP contribution is -2.27. The monoisotopic (exact) mass is 349 g/mol. The van der Waals surface area contributed by atoms with Gasteiger partial charge in [0.15, 0.2) is 0 Å². The predicted octanol–water partition coefficient (Wildman–Crippen LogP) is 2.76. The van der Waals surface area contributed by atoms with E-state index in [0.29, 0.717) is 5.82 Å². The molecule has 23 heavy (non-hydrogen) atoms. The largest absolute Gasteiger partial charge is 0.337 e. The van der Waals surface area contributed by atoms with Crippen LogP contribution < -0.4 is 0 Å². The van der Waals surface area contributed by atoms with Crippen LogP contribution in [0.2, 0.25) is 0 Å². The molecule has 0 aliphatic rings. The summed E-state index contributed by atoms with van der Waals surface area (Å²) in [7, 11) is -1.94. The number of aromatic nitrogens is 2. The fourth-order valence-electron chi connectivity index (χ4n) is 2.01. The van der Waals surface area contributed by atoms with Gasteiger partial charge in [-0.3, -0.25) is 0 Å². The molecular weight excluding hydrogens is 334 g/mol. The van der Waals surface area contributed by atoms with Gasteiger partial charge in [0, 0.05) is 7.05 Å². The summed E-state index contributed by atoms with van der Waals surface area (Å²) in [5.74, 6) is 0.687. The molecule has 0 bridgehead atoms. The highest BCUT2D eigenvalue weighted by molar-refractivity contribution is 7.88. The van der Waals surface area contributed by atoms with Gasteiger partial charge in [-0.2, -0.15) is 9.29 Å². The van der Waals surface area contributed by atoms with Crippen molar-refractivity contribution >= 4 is 21.4 Å². The van der Waals surface area contributed by atoms with Crippen LogP contribution in [0.15, 0.2) is 52.4 Å². The molecule has 2 aromatic heterocycles. The second-order valence-electron chi connectivity index (χ2n) is 4.99. The van der Waals surface area contributed by atoms with Crippen LogP contribution >= 0.6 is 11.3 Å². The quantitative estimate of drug-likeness (QED) is 0.684. The van der Waals surface area contributed by atoms with Crippen LogP contribution in [0.3, 0.4) is 0 Å². The molecule has 0 aliphatic heterocycles. The van der Waals surface area contributed by atoms with Crippen molar-refractivity contribution in [1.82, 2.24) is 14.4 Å². The first kappa shape index (κ1) is 15.9. The molecule has 0 unspecified atom stereocenters. The summed E-state index contributed by atoms with van der Waals surface area (Å²) in [4.78, 5) is 5.12. The van der Waals surface area contributed by atoms with E-state index in [4.69, 9.17) is 4.52 Å². The standard InChI is InChI=1S/C15H15N3O3S2/c1-18(23(19,20)11-12-6-3-2-4-7-12)10-14-16-15(17-21-14)13-8-5-9-22-13/h2-9H,10-11H2,1H3. The van der Waals surface area contributed by atoms with Crippen LogP contribution in [0.5, 0.6) is 0 Å². The van der Waals surface area contributed by atoms with E-state index >= 15 is 0 Å². The second kappa shape index (κ2) is 6.61. The van der Waals surface area contributed by atoms with E-state index < -0.39 is 10.0 Å². The molecule has 0 fully saturated rings. The minimum Gasteiger partial charge on any atom is -0.337 e.